The van der Waals surface area contributed by atoms with Crippen LogP contribution in [0.2, 0.25) is 0 Å². The molecule has 0 aliphatic carbocycles. The average Bonchev–Trinajstić information content (AvgIpc) is 3.18. The summed E-state index contributed by atoms with van der Waals surface area (Å²) in [5, 5.41) is 2.97. The van der Waals surface area contributed by atoms with Gasteiger partial charge in [0.05, 0.1) is 12.5 Å². The first-order valence-electron chi connectivity index (χ1n) is 9.81. The number of carbonyl (C=O) groups is 2. The molecule has 3 heterocycles. The molecule has 30 heavy (non-hydrogen) atoms. The highest BCUT2D eigenvalue weighted by atomic mass is 16.2. The Kier molecular flexibility index (Phi) is 5.43. The van der Waals surface area contributed by atoms with Gasteiger partial charge < -0.3 is 10.2 Å². The van der Waals surface area contributed by atoms with Crippen molar-refractivity contribution in [2.24, 2.45) is 0 Å². The van der Waals surface area contributed by atoms with E-state index in [1.54, 1.807) is 23.5 Å². The first-order valence-corrected chi connectivity index (χ1v) is 9.81. The Hall–Kier alpha value is -3.74. The number of hydrogen-bond donors (Lipinski definition) is 1. The lowest BCUT2D eigenvalue weighted by molar-refractivity contribution is -0.130. The predicted octanol–water partition coefficient (Wildman–Crippen LogP) is 3.16. The first-order chi connectivity index (χ1) is 14.5. The molecule has 0 saturated carbocycles. The second kappa shape index (κ2) is 8.32. The highest BCUT2D eigenvalue weighted by molar-refractivity contribution is 5.81. The van der Waals surface area contributed by atoms with Crippen molar-refractivity contribution in [2.75, 3.05) is 0 Å². The normalized spacial score (nSPS) is 15.0. The maximum absolute atomic E-state index is 12.7. The molecule has 0 spiro atoms. The van der Waals surface area contributed by atoms with Gasteiger partial charge in [0.1, 0.15) is 11.6 Å². The summed E-state index contributed by atoms with van der Waals surface area (Å²) in [6.45, 7) is 3.81. The molecular weight excluding hydrogens is 378 g/mol. The van der Waals surface area contributed by atoms with Crippen LogP contribution < -0.4 is 5.32 Å². The van der Waals surface area contributed by atoms with Gasteiger partial charge in [-0.3, -0.25) is 14.2 Å². The van der Waals surface area contributed by atoms with Crippen LogP contribution in [0.4, 0.5) is 0 Å². The minimum Gasteiger partial charge on any atom is -0.352 e. The number of aromatic nitrogens is 3. The van der Waals surface area contributed by atoms with Crippen LogP contribution in [-0.2, 0) is 16.1 Å². The van der Waals surface area contributed by atoms with Crippen molar-refractivity contribution in [2.45, 2.75) is 32.9 Å². The van der Waals surface area contributed by atoms with Crippen molar-refractivity contribution in [1.82, 2.24) is 24.8 Å². The Morgan fingerprint density at radius 2 is 1.97 bits per heavy atom. The maximum Gasteiger partial charge on any atom is 0.223 e. The van der Waals surface area contributed by atoms with E-state index < -0.39 is 0 Å². The molecule has 0 radical (unpaired) electrons. The van der Waals surface area contributed by atoms with Crippen LogP contribution in [0, 0.1) is 6.92 Å². The van der Waals surface area contributed by atoms with E-state index in [9.17, 15) is 9.59 Å². The molecule has 1 N–H and O–H groups in total. The molecular formula is C23H23N5O2. The van der Waals surface area contributed by atoms with Gasteiger partial charge in [-0.2, -0.15) is 0 Å². The molecule has 3 aromatic rings. The number of pyridine rings is 1. The van der Waals surface area contributed by atoms with E-state index in [2.05, 4.69) is 15.3 Å². The number of fused-ring (bicyclic) bond motifs is 1. The van der Waals surface area contributed by atoms with Crippen molar-refractivity contribution < 1.29 is 9.59 Å². The lowest BCUT2D eigenvalue weighted by Gasteiger charge is -2.32. The summed E-state index contributed by atoms with van der Waals surface area (Å²) in [7, 11) is 0. The number of imidazole rings is 1. The van der Waals surface area contributed by atoms with Crippen LogP contribution in [0.15, 0.2) is 61.2 Å². The molecule has 0 bridgehead atoms. The molecule has 1 aromatic carbocycles. The third kappa shape index (κ3) is 4.00. The summed E-state index contributed by atoms with van der Waals surface area (Å²) in [5.41, 5.74) is 2.95. The fraction of sp³-hybridized carbons (Fsp3) is 0.217. The predicted molar refractivity (Wildman–Crippen MR) is 113 cm³/mol. The fourth-order valence-electron chi connectivity index (χ4n) is 3.68. The summed E-state index contributed by atoms with van der Waals surface area (Å²) in [4.78, 5) is 35.0. The lowest BCUT2D eigenvalue weighted by Crippen LogP contribution is -2.35. The number of hydrogen-bond acceptors (Lipinski definition) is 4. The lowest BCUT2D eigenvalue weighted by atomic mass is 9.93. The summed E-state index contributed by atoms with van der Waals surface area (Å²) in [6, 6.07) is 11.3. The number of rotatable bonds is 5. The number of nitrogens with one attached hydrogen (secondary N) is 1. The van der Waals surface area contributed by atoms with E-state index in [0.717, 1.165) is 28.3 Å². The number of carbonyl (C=O) groups excluding carboxylic acids is 2. The Morgan fingerprint density at radius 3 is 2.73 bits per heavy atom. The van der Waals surface area contributed by atoms with E-state index >= 15 is 0 Å². The van der Waals surface area contributed by atoms with Gasteiger partial charge in [0.2, 0.25) is 11.8 Å². The third-order valence-electron chi connectivity index (χ3n) is 5.22. The van der Waals surface area contributed by atoms with Crippen molar-refractivity contribution in [3.8, 4) is 5.82 Å². The Labute approximate surface area is 175 Å². The van der Waals surface area contributed by atoms with Gasteiger partial charge in [0.25, 0.3) is 0 Å². The minimum atomic E-state index is -0.315. The van der Waals surface area contributed by atoms with Gasteiger partial charge in [-0.05, 0) is 41.8 Å². The summed E-state index contributed by atoms with van der Waals surface area (Å²) in [5.74, 6) is 1.39. The van der Waals surface area contributed by atoms with Crippen LogP contribution in [0.5, 0.6) is 0 Å². The van der Waals surface area contributed by atoms with Crippen LogP contribution in [0.3, 0.4) is 0 Å². The van der Waals surface area contributed by atoms with Gasteiger partial charge in [-0.15, -0.1) is 0 Å². The maximum atomic E-state index is 12.7. The topological polar surface area (TPSA) is 80.1 Å². The number of amides is 2. The molecule has 2 amide bonds. The molecule has 7 heteroatoms. The molecule has 2 aromatic heterocycles. The Balaban J connectivity index is 1.45. The van der Waals surface area contributed by atoms with Crippen molar-refractivity contribution in [3.05, 3.63) is 83.7 Å². The first kappa shape index (κ1) is 19.6. The minimum absolute atomic E-state index is 0.0898. The molecule has 1 aliphatic heterocycles. The van der Waals surface area contributed by atoms with E-state index in [1.165, 1.54) is 6.92 Å². The Morgan fingerprint density at radius 1 is 1.13 bits per heavy atom. The quantitative estimate of drug-likeness (QED) is 0.712. The van der Waals surface area contributed by atoms with Gasteiger partial charge in [-0.1, -0.05) is 24.3 Å². The standard InChI is InChI=1S/C23H23N5O2/c1-16-24-10-12-27(16)22-13-18(7-9-25-22)15-26-23(30)14-21-20-6-4-3-5-19(20)8-11-28(21)17(2)29/h3-13,21H,14-15H2,1-2H3,(H,26,30). The summed E-state index contributed by atoms with van der Waals surface area (Å²) >= 11 is 0. The van der Waals surface area contributed by atoms with Gasteiger partial charge in [0, 0.05) is 38.3 Å². The van der Waals surface area contributed by atoms with Crippen molar-refractivity contribution >= 4 is 17.9 Å². The zero-order chi connectivity index (χ0) is 21.1. The molecule has 4 rings (SSSR count). The second-order valence-electron chi connectivity index (χ2n) is 7.23. The molecule has 1 aliphatic rings. The van der Waals surface area contributed by atoms with E-state index in [4.69, 9.17) is 0 Å². The Bertz CT molecular complexity index is 1120. The highest BCUT2D eigenvalue weighted by Gasteiger charge is 2.28. The smallest absolute Gasteiger partial charge is 0.223 e. The van der Waals surface area contributed by atoms with Crippen LogP contribution in [-0.4, -0.2) is 31.2 Å². The monoisotopic (exact) mass is 401 g/mol. The SMILES string of the molecule is CC(=O)N1C=Cc2ccccc2C1CC(=O)NCc1ccnc(-n2ccnc2C)c1. The largest absolute Gasteiger partial charge is 0.352 e. The second-order valence-corrected chi connectivity index (χ2v) is 7.23. The number of benzene rings is 1. The van der Waals surface area contributed by atoms with E-state index in [-0.39, 0.29) is 24.3 Å². The number of aryl methyl sites for hydroxylation is 1. The van der Waals surface area contributed by atoms with Crippen LogP contribution in [0.25, 0.3) is 11.9 Å². The molecule has 1 unspecified atom stereocenters. The summed E-state index contributed by atoms with van der Waals surface area (Å²) < 4.78 is 1.89. The summed E-state index contributed by atoms with van der Waals surface area (Å²) in [6.07, 6.45) is 9.15. The number of nitrogens with zero attached hydrogens (tertiary/aromatic N) is 4. The molecule has 7 nitrogen and oxygen atoms in total. The zero-order valence-corrected chi connectivity index (χ0v) is 16.9. The van der Waals surface area contributed by atoms with Gasteiger partial charge in [-0.25, -0.2) is 9.97 Å². The molecule has 0 saturated heterocycles. The van der Waals surface area contributed by atoms with Gasteiger partial charge in [0.15, 0.2) is 0 Å². The molecule has 152 valence electrons. The van der Waals surface area contributed by atoms with Crippen molar-refractivity contribution in [1.29, 1.82) is 0 Å². The van der Waals surface area contributed by atoms with Gasteiger partial charge >= 0.3 is 0 Å². The van der Waals surface area contributed by atoms with E-state index in [1.807, 2.05) is 60.2 Å². The fourth-order valence-corrected chi connectivity index (χ4v) is 3.68. The third-order valence-corrected chi connectivity index (χ3v) is 5.22. The average molecular weight is 401 g/mol. The zero-order valence-electron chi connectivity index (χ0n) is 16.9. The molecule has 1 atom stereocenters. The van der Waals surface area contributed by atoms with Crippen molar-refractivity contribution in [3.63, 3.8) is 0 Å². The van der Waals surface area contributed by atoms with E-state index in [0.29, 0.717) is 6.54 Å². The highest BCUT2D eigenvalue weighted by Crippen LogP contribution is 2.32. The van der Waals surface area contributed by atoms with Crippen LogP contribution >= 0.6 is 0 Å². The van der Waals surface area contributed by atoms with Crippen LogP contribution in [0.1, 0.15) is 41.9 Å². The molecule has 0 fully saturated rings.